The van der Waals surface area contributed by atoms with Gasteiger partial charge in [-0.25, -0.2) is 18.4 Å². The van der Waals surface area contributed by atoms with Crippen molar-refractivity contribution < 1.29 is 13.5 Å². The van der Waals surface area contributed by atoms with Gasteiger partial charge < -0.3 is 10.4 Å². The van der Waals surface area contributed by atoms with Crippen LogP contribution in [0.4, 0.5) is 5.82 Å². The second kappa shape index (κ2) is 5.19. The lowest BCUT2D eigenvalue weighted by Gasteiger charge is -2.13. The van der Waals surface area contributed by atoms with Gasteiger partial charge in [-0.1, -0.05) is 0 Å². The molecule has 0 fully saturated rings. The standard InChI is InChI=1S/C11H17N3O3S/c1-18(16,17)6-8(15)5-12-11-9-3-2-4-10(9)13-7-14-11/h7-8,15H,2-6H2,1H3,(H,12,13,14). The number of fused-ring (bicyclic) bond motifs is 1. The Labute approximate surface area is 106 Å². The molecule has 1 heterocycles. The maximum atomic E-state index is 11.0. The smallest absolute Gasteiger partial charge is 0.150 e. The first-order valence-corrected chi connectivity index (χ1v) is 7.94. The van der Waals surface area contributed by atoms with E-state index < -0.39 is 15.9 Å². The molecule has 1 aliphatic carbocycles. The molecule has 0 bridgehead atoms. The Kier molecular flexibility index (Phi) is 3.82. The summed E-state index contributed by atoms with van der Waals surface area (Å²) >= 11 is 0. The van der Waals surface area contributed by atoms with E-state index in [1.807, 2.05) is 0 Å². The molecule has 2 rings (SSSR count). The van der Waals surface area contributed by atoms with Crippen molar-refractivity contribution in [2.45, 2.75) is 25.4 Å². The minimum Gasteiger partial charge on any atom is -0.390 e. The fraction of sp³-hybridized carbons (Fsp3) is 0.636. The first-order valence-electron chi connectivity index (χ1n) is 5.88. The SMILES string of the molecule is CS(=O)(=O)CC(O)CNc1ncnc2c1CCC2. The van der Waals surface area contributed by atoms with Gasteiger partial charge in [-0.3, -0.25) is 0 Å². The lowest BCUT2D eigenvalue weighted by molar-refractivity contribution is 0.210. The van der Waals surface area contributed by atoms with Crippen molar-refractivity contribution >= 4 is 15.7 Å². The molecule has 0 amide bonds. The van der Waals surface area contributed by atoms with Gasteiger partial charge >= 0.3 is 0 Å². The maximum Gasteiger partial charge on any atom is 0.150 e. The van der Waals surface area contributed by atoms with Gasteiger partial charge in [0.15, 0.2) is 0 Å². The predicted molar refractivity (Wildman–Crippen MR) is 68.3 cm³/mol. The van der Waals surface area contributed by atoms with Crippen LogP contribution >= 0.6 is 0 Å². The van der Waals surface area contributed by atoms with Crippen LogP contribution in [0.15, 0.2) is 6.33 Å². The number of sulfone groups is 1. The van der Waals surface area contributed by atoms with Crippen LogP contribution in [-0.4, -0.2) is 48.1 Å². The number of aliphatic hydroxyl groups is 1. The highest BCUT2D eigenvalue weighted by molar-refractivity contribution is 7.90. The molecule has 18 heavy (non-hydrogen) atoms. The molecule has 7 heteroatoms. The van der Waals surface area contributed by atoms with Crippen LogP contribution in [-0.2, 0) is 22.7 Å². The minimum absolute atomic E-state index is 0.177. The Morgan fingerprint density at radius 1 is 1.44 bits per heavy atom. The molecule has 6 nitrogen and oxygen atoms in total. The predicted octanol–water partition coefficient (Wildman–Crippen LogP) is -0.217. The van der Waals surface area contributed by atoms with E-state index in [2.05, 4.69) is 15.3 Å². The fourth-order valence-corrected chi connectivity index (χ4v) is 2.95. The lowest BCUT2D eigenvalue weighted by Crippen LogP contribution is -2.28. The molecule has 1 aromatic heterocycles. The molecule has 0 saturated heterocycles. The number of nitrogens with zero attached hydrogens (tertiary/aromatic N) is 2. The summed E-state index contributed by atoms with van der Waals surface area (Å²) in [5.41, 5.74) is 2.13. The maximum absolute atomic E-state index is 11.0. The van der Waals surface area contributed by atoms with Crippen LogP contribution in [0.25, 0.3) is 0 Å². The Morgan fingerprint density at radius 2 is 2.22 bits per heavy atom. The quantitative estimate of drug-likeness (QED) is 0.769. The van der Waals surface area contributed by atoms with Crippen molar-refractivity contribution in [1.82, 2.24) is 9.97 Å². The molecule has 0 aliphatic heterocycles. The second-order valence-electron chi connectivity index (χ2n) is 4.63. The molecule has 0 radical (unpaired) electrons. The number of anilines is 1. The zero-order chi connectivity index (χ0) is 13.2. The van der Waals surface area contributed by atoms with E-state index in [1.165, 1.54) is 6.33 Å². The van der Waals surface area contributed by atoms with Crippen LogP contribution < -0.4 is 5.32 Å². The number of hydrogen-bond acceptors (Lipinski definition) is 6. The normalized spacial score (nSPS) is 16.3. The summed E-state index contributed by atoms with van der Waals surface area (Å²) < 4.78 is 22.1. The van der Waals surface area contributed by atoms with Crippen molar-refractivity contribution in [3.8, 4) is 0 Å². The number of aliphatic hydroxyl groups excluding tert-OH is 1. The molecule has 1 aliphatic rings. The Balaban J connectivity index is 1.97. The van der Waals surface area contributed by atoms with Crippen molar-refractivity contribution in [3.63, 3.8) is 0 Å². The van der Waals surface area contributed by atoms with E-state index in [9.17, 15) is 13.5 Å². The van der Waals surface area contributed by atoms with Gasteiger partial charge in [0.2, 0.25) is 0 Å². The van der Waals surface area contributed by atoms with Crippen molar-refractivity contribution in [2.75, 3.05) is 23.9 Å². The van der Waals surface area contributed by atoms with Crippen LogP contribution in [0.5, 0.6) is 0 Å². The molecular weight excluding hydrogens is 254 g/mol. The molecule has 100 valence electrons. The summed E-state index contributed by atoms with van der Waals surface area (Å²) in [6.07, 6.45) is 4.63. The minimum atomic E-state index is -3.16. The molecule has 0 spiro atoms. The third-order valence-electron chi connectivity index (χ3n) is 2.88. The average molecular weight is 271 g/mol. The van der Waals surface area contributed by atoms with Gasteiger partial charge in [-0.15, -0.1) is 0 Å². The van der Waals surface area contributed by atoms with Crippen LogP contribution in [0.3, 0.4) is 0 Å². The topological polar surface area (TPSA) is 92.2 Å². The zero-order valence-electron chi connectivity index (χ0n) is 10.3. The molecule has 2 N–H and O–H groups in total. The molecular formula is C11H17N3O3S. The summed E-state index contributed by atoms with van der Waals surface area (Å²) in [4.78, 5) is 8.33. The van der Waals surface area contributed by atoms with Crippen LogP contribution in [0.2, 0.25) is 0 Å². The van der Waals surface area contributed by atoms with Gasteiger partial charge in [0.1, 0.15) is 22.0 Å². The summed E-state index contributed by atoms with van der Waals surface area (Å²) in [6, 6.07) is 0. The lowest BCUT2D eigenvalue weighted by atomic mass is 10.2. The highest BCUT2D eigenvalue weighted by atomic mass is 32.2. The van der Waals surface area contributed by atoms with Gasteiger partial charge in [-0.2, -0.15) is 0 Å². The third kappa shape index (κ3) is 3.39. The number of hydrogen-bond donors (Lipinski definition) is 2. The highest BCUT2D eigenvalue weighted by Gasteiger charge is 2.18. The van der Waals surface area contributed by atoms with Crippen molar-refractivity contribution in [1.29, 1.82) is 0 Å². The molecule has 1 aromatic rings. The summed E-state index contributed by atoms with van der Waals surface area (Å²) in [6.45, 7) is 0.177. The molecule has 1 atom stereocenters. The largest absolute Gasteiger partial charge is 0.390 e. The van der Waals surface area contributed by atoms with Gasteiger partial charge in [0.05, 0.1) is 11.9 Å². The van der Waals surface area contributed by atoms with E-state index in [4.69, 9.17) is 0 Å². The van der Waals surface area contributed by atoms with Gasteiger partial charge in [0.25, 0.3) is 0 Å². The molecule has 0 saturated carbocycles. The third-order valence-corrected chi connectivity index (χ3v) is 3.87. The summed E-state index contributed by atoms with van der Waals surface area (Å²) in [5.74, 6) is 0.470. The number of rotatable bonds is 5. The van der Waals surface area contributed by atoms with E-state index in [0.717, 1.165) is 36.8 Å². The van der Waals surface area contributed by atoms with Gasteiger partial charge in [0, 0.05) is 24.1 Å². The monoisotopic (exact) mass is 271 g/mol. The fourth-order valence-electron chi connectivity index (χ4n) is 2.13. The van der Waals surface area contributed by atoms with Crippen molar-refractivity contribution in [2.24, 2.45) is 0 Å². The van der Waals surface area contributed by atoms with Gasteiger partial charge in [-0.05, 0) is 19.3 Å². The van der Waals surface area contributed by atoms with Crippen LogP contribution in [0.1, 0.15) is 17.7 Å². The Bertz CT molecular complexity index is 530. The summed E-state index contributed by atoms with van der Waals surface area (Å²) in [7, 11) is -3.16. The van der Waals surface area contributed by atoms with E-state index in [1.54, 1.807) is 0 Å². The van der Waals surface area contributed by atoms with E-state index >= 15 is 0 Å². The van der Waals surface area contributed by atoms with E-state index in [0.29, 0.717) is 5.82 Å². The average Bonchev–Trinajstić information content (AvgIpc) is 2.72. The summed E-state index contributed by atoms with van der Waals surface area (Å²) in [5, 5.41) is 12.6. The first kappa shape index (κ1) is 13.2. The van der Waals surface area contributed by atoms with E-state index in [-0.39, 0.29) is 12.3 Å². The first-order chi connectivity index (χ1) is 8.46. The number of aromatic nitrogens is 2. The number of aryl methyl sites for hydroxylation is 1. The molecule has 1 unspecified atom stereocenters. The molecule has 0 aromatic carbocycles. The highest BCUT2D eigenvalue weighted by Crippen LogP contribution is 2.24. The Morgan fingerprint density at radius 3 is 2.94 bits per heavy atom. The zero-order valence-corrected chi connectivity index (χ0v) is 11.1. The number of nitrogens with one attached hydrogen (secondary N) is 1. The van der Waals surface area contributed by atoms with Crippen LogP contribution in [0, 0.1) is 0 Å². The Hall–Kier alpha value is -1.21. The van der Waals surface area contributed by atoms with Crippen molar-refractivity contribution in [3.05, 3.63) is 17.6 Å². The second-order valence-corrected chi connectivity index (χ2v) is 6.81.